The average molecular weight is 309 g/mol. The highest BCUT2D eigenvalue weighted by atomic mass is 35.5. The number of benzene rings is 1. The van der Waals surface area contributed by atoms with E-state index >= 15 is 0 Å². The SMILES string of the molecule is CCc1nn(C)c(COc2ccc(OC)cc2C=O)c1Cl. The Morgan fingerprint density at radius 3 is 2.76 bits per heavy atom. The predicted octanol–water partition coefficient (Wildman–Crippen LogP) is 3.04. The molecule has 5 nitrogen and oxygen atoms in total. The van der Waals surface area contributed by atoms with Crippen molar-refractivity contribution in [2.24, 2.45) is 7.05 Å². The second-order valence-electron chi connectivity index (χ2n) is 4.49. The number of methoxy groups -OCH3 is 1. The molecule has 0 atom stereocenters. The van der Waals surface area contributed by atoms with E-state index in [0.717, 1.165) is 24.1 Å². The number of halogens is 1. The molecular formula is C15H17ClN2O3. The first-order valence-electron chi connectivity index (χ1n) is 6.57. The fourth-order valence-corrected chi connectivity index (χ4v) is 2.35. The summed E-state index contributed by atoms with van der Waals surface area (Å²) in [4.78, 5) is 11.1. The number of hydrogen-bond donors (Lipinski definition) is 0. The van der Waals surface area contributed by atoms with Gasteiger partial charge in [-0.3, -0.25) is 9.48 Å². The number of carbonyl (C=O) groups excluding carboxylic acids is 1. The third kappa shape index (κ3) is 3.19. The van der Waals surface area contributed by atoms with E-state index in [-0.39, 0.29) is 6.61 Å². The number of hydrogen-bond acceptors (Lipinski definition) is 4. The Bertz CT molecular complexity index is 653. The molecule has 21 heavy (non-hydrogen) atoms. The molecule has 6 heteroatoms. The summed E-state index contributed by atoms with van der Waals surface area (Å²) in [6, 6.07) is 5.07. The minimum absolute atomic E-state index is 0.246. The van der Waals surface area contributed by atoms with Gasteiger partial charge >= 0.3 is 0 Å². The zero-order chi connectivity index (χ0) is 15.4. The Labute approximate surface area is 128 Å². The van der Waals surface area contributed by atoms with E-state index in [9.17, 15) is 4.79 Å². The van der Waals surface area contributed by atoms with Crippen LogP contribution in [0.4, 0.5) is 0 Å². The minimum atomic E-state index is 0.246. The van der Waals surface area contributed by atoms with Crippen molar-refractivity contribution in [3.8, 4) is 11.5 Å². The molecule has 0 aliphatic carbocycles. The van der Waals surface area contributed by atoms with Crippen molar-refractivity contribution in [2.75, 3.05) is 7.11 Å². The lowest BCUT2D eigenvalue weighted by atomic mass is 10.2. The lowest BCUT2D eigenvalue weighted by Crippen LogP contribution is -2.05. The number of aromatic nitrogens is 2. The maximum Gasteiger partial charge on any atom is 0.153 e. The van der Waals surface area contributed by atoms with Gasteiger partial charge in [0.1, 0.15) is 18.1 Å². The highest BCUT2D eigenvalue weighted by Gasteiger charge is 2.14. The van der Waals surface area contributed by atoms with Crippen LogP contribution in [0, 0.1) is 0 Å². The van der Waals surface area contributed by atoms with E-state index < -0.39 is 0 Å². The van der Waals surface area contributed by atoms with E-state index in [4.69, 9.17) is 21.1 Å². The molecule has 0 aliphatic rings. The summed E-state index contributed by atoms with van der Waals surface area (Å²) in [5, 5.41) is 4.94. The van der Waals surface area contributed by atoms with Crippen LogP contribution in [-0.2, 0) is 20.1 Å². The van der Waals surface area contributed by atoms with Gasteiger partial charge in [0, 0.05) is 7.05 Å². The molecule has 0 aliphatic heterocycles. The molecule has 1 aromatic carbocycles. The van der Waals surface area contributed by atoms with Crippen LogP contribution in [0.5, 0.6) is 11.5 Å². The molecule has 0 saturated carbocycles. The standard InChI is InChI=1S/C15H17ClN2O3/c1-4-12-15(16)13(18(2)17-12)9-21-14-6-5-11(20-3)7-10(14)8-19/h5-8H,4,9H2,1-3H3. The Kier molecular flexibility index (Phi) is 4.85. The fourth-order valence-electron chi connectivity index (χ4n) is 2.00. The summed E-state index contributed by atoms with van der Waals surface area (Å²) < 4.78 is 12.5. The van der Waals surface area contributed by atoms with Gasteiger partial charge < -0.3 is 9.47 Å². The number of aldehydes is 1. The maximum absolute atomic E-state index is 11.1. The molecule has 0 radical (unpaired) electrons. The molecule has 112 valence electrons. The second-order valence-corrected chi connectivity index (χ2v) is 4.87. The Balaban J connectivity index is 2.20. The first-order chi connectivity index (χ1) is 10.1. The van der Waals surface area contributed by atoms with Gasteiger partial charge in [0.15, 0.2) is 6.29 Å². The molecule has 0 fully saturated rings. The number of nitrogens with zero attached hydrogens (tertiary/aromatic N) is 2. The largest absolute Gasteiger partial charge is 0.497 e. The molecule has 0 spiro atoms. The van der Waals surface area contributed by atoms with Gasteiger partial charge in [0.05, 0.1) is 29.1 Å². The highest BCUT2D eigenvalue weighted by molar-refractivity contribution is 6.31. The molecule has 1 aromatic heterocycles. The molecule has 0 unspecified atom stereocenters. The van der Waals surface area contributed by atoms with Crippen LogP contribution >= 0.6 is 11.6 Å². The normalized spacial score (nSPS) is 10.5. The van der Waals surface area contributed by atoms with Gasteiger partial charge in [-0.15, -0.1) is 0 Å². The molecule has 2 rings (SSSR count). The third-order valence-corrected chi connectivity index (χ3v) is 3.65. The first kappa shape index (κ1) is 15.4. The highest BCUT2D eigenvalue weighted by Crippen LogP contribution is 2.26. The molecule has 0 bridgehead atoms. The lowest BCUT2D eigenvalue weighted by molar-refractivity contribution is 0.111. The minimum Gasteiger partial charge on any atom is -0.497 e. The summed E-state index contributed by atoms with van der Waals surface area (Å²) in [5.74, 6) is 1.09. The van der Waals surface area contributed by atoms with Gasteiger partial charge in [-0.1, -0.05) is 18.5 Å². The molecule has 0 amide bonds. The molecule has 2 aromatic rings. The van der Waals surface area contributed by atoms with Crippen molar-refractivity contribution in [1.29, 1.82) is 0 Å². The van der Waals surface area contributed by atoms with Crippen LogP contribution in [0.1, 0.15) is 28.7 Å². The van der Waals surface area contributed by atoms with Crippen LogP contribution in [0.3, 0.4) is 0 Å². The zero-order valence-electron chi connectivity index (χ0n) is 12.2. The van der Waals surface area contributed by atoms with Crippen LogP contribution in [0.15, 0.2) is 18.2 Å². The van der Waals surface area contributed by atoms with Crippen molar-refractivity contribution in [2.45, 2.75) is 20.0 Å². The van der Waals surface area contributed by atoms with Crippen molar-refractivity contribution >= 4 is 17.9 Å². The monoisotopic (exact) mass is 308 g/mol. The Morgan fingerprint density at radius 1 is 1.43 bits per heavy atom. The van der Waals surface area contributed by atoms with Crippen molar-refractivity contribution in [3.05, 3.63) is 40.2 Å². The van der Waals surface area contributed by atoms with Gasteiger partial charge in [-0.25, -0.2) is 0 Å². The summed E-state index contributed by atoms with van der Waals surface area (Å²) in [5.41, 5.74) is 2.05. The van der Waals surface area contributed by atoms with Crippen LogP contribution in [0.2, 0.25) is 5.02 Å². The van der Waals surface area contributed by atoms with Crippen molar-refractivity contribution < 1.29 is 14.3 Å². The van der Waals surface area contributed by atoms with Crippen LogP contribution in [0.25, 0.3) is 0 Å². The zero-order valence-corrected chi connectivity index (χ0v) is 13.0. The Hall–Kier alpha value is -2.01. The quantitative estimate of drug-likeness (QED) is 0.770. The van der Waals surface area contributed by atoms with Gasteiger partial charge in [0.2, 0.25) is 0 Å². The number of aryl methyl sites for hydroxylation is 2. The number of ether oxygens (including phenoxy) is 2. The fraction of sp³-hybridized carbons (Fsp3) is 0.333. The number of carbonyl (C=O) groups is 1. The van der Waals surface area contributed by atoms with E-state index in [1.807, 2.05) is 14.0 Å². The average Bonchev–Trinajstić information content (AvgIpc) is 2.79. The van der Waals surface area contributed by atoms with Crippen LogP contribution < -0.4 is 9.47 Å². The van der Waals surface area contributed by atoms with Crippen molar-refractivity contribution in [3.63, 3.8) is 0 Å². The van der Waals surface area contributed by atoms with Gasteiger partial charge in [0.25, 0.3) is 0 Å². The first-order valence-corrected chi connectivity index (χ1v) is 6.94. The van der Waals surface area contributed by atoms with E-state index in [0.29, 0.717) is 22.1 Å². The molecule has 0 saturated heterocycles. The predicted molar refractivity (Wildman–Crippen MR) is 80.3 cm³/mol. The topological polar surface area (TPSA) is 53.4 Å². The smallest absolute Gasteiger partial charge is 0.153 e. The van der Waals surface area contributed by atoms with E-state index in [1.54, 1.807) is 30.0 Å². The molecular weight excluding hydrogens is 292 g/mol. The summed E-state index contributed by atoms with van der Waals surface area (Å²) >= 11 is 6.26. The Morgan fingerprint density at radius 2 is 2.19 bits per heavy atom. The van der Waals surface area contributed by atoms with Gasteiger partial charge in [-0.05, 0) is 24.6 Å². The summed E-state index contributed by atoms with van der Waals surface area (Å²) in [7, 11) is 3.37. The molecule has 0 N–H and O–H groups in total. The summed E-state index contributed by atoms with van der Waals surface area (Å²) in [6.45, 7) is 2.24. The van der Waals surface area contributed by atoms with E-state index in [1.165, 1.54) is 0 Å². The van der Waals surface area contributed by atoms with Crippen LogP contribution in [-0.4, -0.2) is 23.2 Å². The maximum atomic E-state index is 11.1. The summed E-state index contributed by atoms with van der Waals surface area (Å²) in [6.07, 6.45) is 1.50. The lowest BCUT2D eigenvalue weighted by Gasteiger charge is -2.10. The van der Waals surface area contributed by atoms with Gasteiger partial charge in [-0.2, -0.15) is 5.10 Å². The second kappa shape index (κ2) is 6.63. The third-order valence-electron chi connectivity index (χ3n) is 3.21. The molecule has 1 heterocycles. The van der Waals surface area contributed by atoms with Crippen molar-refractivity contribution in [1.82, 2.24) is 9.78 Å². The number of rotatable bonds is 6. The van der Waals surface area contributed by atoms with E-state index in [2.05, 4.69) is 5.10 Å².